The van der Waals surface area contributed by atoms with Crippen molar-refractivity contribution in [3.63, 3.8) is 0 Å². The van der Waals surface area contributed by atoms with Gasteiger partial charge in [-0.15, -0.1) is 0 Å². The first-order valence-corrected chi connectivity index (χ1v) is 9.71. The van der Waals surface area contributed by atoms with E-state index in [4.69, 9.17) is 16.3 Å². The molecule has 3 aromatic rings. The third-order valence-electron chi connectivity index (χ3n) is 4.02. The zero-order valence-electron chi connectivity index (χ0n) is 16.6. The molecule has 2 N–H and O–H groups in total. The molecule has 156 valence electrons. The number of hydrogen-bond acceptors (Lipinski definition) is 4. The molecule has 0 bridgehead atoms. The molecule has 3 aromatic carbocycles. The lowest BCUT2D eigenvalue weighted by Crippen LogP contribution is -2.13. The molecular weight excluding hydrogens is 416 g/mol. The second-order valence-corrected chi connectivity index (χ2v) is 6.97. The average molecular weight is 435 g/mol. The molecule has 0 saturated carbocycles. The molecule has 0 fully saturated rings. The van der Waals surface area contributed by atoms with Crippen molar-refractivity contribution in [3.8, 4) is 5.75 Å². The summed E-state index contributed by atoms with van der Waals surface area (Å²) in [5.41, 5.74) is 2.16. The molecule has 0 atom stereocenters. The maximum absolute atomic E-state index is 12.5. The minimum absolute atomic E-state index is 0.285. The summed E-state index contributed by atoms with van der Waals surface area (Å²) in [5.74, 6) is -0.881. The number of hydrogen-bond donors (Lipinski definition) is 2. The third kappa shape index (κ3) is 6.83. The van der Waals surface area contributed by atoms with Crippen LogP contribution in [0.1, 0.15) is 22.8 Å². The van der Waals surface area contributed by atoms with Crippen LogP contribution in [0, 0.1) is 0 Å². The van der Waals surface area contributed by atoms with E-state index in [-0.39, 0.29) is 17.6 Å². The third-order valence-corrected chi connectivity index (χ3v) is 4.26. The topological polar surface area (TPSA) is 84.5 Å². The van der Waals surface area contributed by atoms with Crippen molar-refractivity contribution in [2.75, 3.05) is 10.6 Å². The van der Waals surface area contributed by atoms with Gasteiger partial charge < -0.3 is 15.4 Å². The molecule has 0 aliphatic carbocycles. The molecule has 3 rings (SSSR count). The Morgan fingerprint density at radius 1 is 0.871 bits per heavy atom. The number of nitrogens with one attached hydrogen (secondary N) is 2. The number of benzene rings is 3. The van der Waals surface area contributed by atoms with Crippen LogP contribution in [0.3, 0.4) is 0 Å². The fourth-order valence-electron chi connectivity index (χ4n) is 2.71. The van der Waals surface area contributed by atoms with Crippen molar-refractivity contribution in [2.45, 2.75) is 6.92 Å². The second kappa shape index (κ2) is 10.2. The summed E-state index contributed by atoms with van der Waals surface area (Å²) in [6.07, 6.45) is 3.06. The van der Waals surface area contributed by atoms with Crippen molar-refractivity contribution in [1.82, 2.24) is 0 Å². The van der Waals surface area contributed by atoms with E-state index in [9.17, 15) is 14.4 Å². The first-order chi connectivity index (χ1) is 14.9. The van der Waals surface area contributed by atoms with E-state index in [2.05, 4.69) is 10.6 Å². The quantitative estimate of drug-likeness (QED) is 0.318. The predicted octanol–water partition coefficient (Wildman–Crippen LogP) is 5.17. The number of halogens is 1. The van der Waals surface area contributed by atoms with Gasteiger partial charge in [-0.1, -0.05) is 35.9 Å². The number of amides is 2. The molecule has 0 saturated heterocycles. The fourth-order valence-corrected chi connectivity index (χ4v) is 2.91. The Labute approximate surface area is 184 Å². The number of ether oxygens (including phenoxy) is 1. The van der Waals surface area contributed by atoms with Crippen LogP contribution in [0.25, 0.3) is 6.08 Å². The van der Waals surface area contributed by atoms with Crippen molar-refractivity contribution in [3.05, 3.63) is 95.0 Å². The lowest BCUT2D eigenvalue weighted by atomic mass is 10.2. The summed E-state index contributed by atoms with van der Waals surface area (Å²) >= 11 is 5.93. The largest absolute Gasteiger partial charge is 0.427 e. The molecule has 0 unspecified atom stereocenters. The molecule has 7 heteroatoms. The van der Waals surface area contributed by atoms with E-state index in [1.165, 1.54) is 19.1 Å². The van der Waals surface area contributed by atoms with Crippen LogP contribution in [0.4, 0.5) is 11.4 Å². The fraction of sp³-hybridized carbons (Fsp3) is 0.0417. The van der Waals surface area contributed by atoms with Crippen molar-refractivity contribution >= 4 is 46.8 Å². The monoisotopic (exact) mass is 434 g/mol. The van der Waals surface area contributed by atoms with Crippen LogP contribution in [-0.2, 0) is 9.59 Å². The van der Waals surface area contributed by atoms with E-state index in [1.54, 1.807) is 66.7 Å². The smallest absolute Gasteiger partial charge is 0.308 e. The van der Waals surface area contributed by atoms with Crippen LogP contribution in [0.5, 0.6) is 5.75 Å². The van der Waals surface area contributed by atoms with Gasteiger partial charge in [0.05, 0.1) is 0 Å². The molecule has 0 radical (unpaired) electrons. The maximum atomic E-state index is 12.5. The molecule has 31 heavy (non-hydrogen) atoms. The van der Waals surface area contributed by atoms with E-state index in [1.807, 2.05) is 6.07 Å². The molecule has 0 aliphatic rings. The number of carbonyl (C=O) groups is 3. The first-order valence-electron chi connectivity index (χ1n) is 9.33. The van der Waals surface area contributed by atoms with Crippen LogP contribution < -0.4 is 15.4 Å². The summed E-state index contributed by atoms with van der Waals surface area (Å²) in [6.45, 7) is 1.29. The summed E-state index contributed by atoms with van der Waals surface area (Å²) in [6, 6.07) is 20.2. The molecule has 0 heterocycles. The van der Waals surface area contributed by atoms with Gasteiger partial charge in [-0.25, -0.2) is 0 Å². The molecular formula is C24H19ClN2O4. The van der Waals surface area contributed by atoms with Gasteiger partial charge in [-0.3, -0.25) is 14.4 Å². The molecule has 2 amide bonds. The Kier molecular flexibility index (Phi) is 7.19. The molecule has 6 nitrogen and oxygen atoms in total. The minimum Gasteiger partial charge on any atom is -0.427 e. The van der Waals surface area contributed by atoms with E-state index in [0.29, 0.717) is 22.0 Å². The first kappa shape index (κ1) is 21.8. The van der Waals surface area contributed by atoms with Gasteiger partial charge in [0.25, 0.3) is 5.91 Å². The van der Waals surface area contributed by atoms with Gasteiger partial charge in [-0.2, -0.15) is 0 Å². The van der Waals surface area contributed by atoms with Crippen LogP contribution in [0.2, 0.25) is 5.02 Å². The lowest BCUT2D eigenvalue weighted by Gasteiger charge is -2.09. The molecule has 0 aliphatic heterocycles. The average Bonchev–Trinajstić information content (AvgIpc) is 2.72. The number of rotatable bonds is 6. The highest BCUT2D eigenvalue weighted by Crippen LogP contribution is 2.19. The number of anilines is 2. The zero-order valence-corrected chi connectivity index (χ0v) is 17.3. The van der Waals surface area contributed by atoms with Crippen molar-refractivity contribution in [1.29, 1.82) is 0 Å². The van der Waals surface area contributed by atoms with Gasteiger partial charge >= 0.3 is 5.97 Å². The van der Waals surface area contributed by atoms with E-state index >= 15 is 0 Å². The standard InChI is InChI=1S/C24H19ClN2O4/c1-16(28)31-22-10-3-6-18(14-22)24(30)27-21-9-4-8-20(15-21)26-23(29)12-11-17-5-2-7-19(25)13-17/h2-15H,1H3,(H,26,29)(H,27,30)/b12-11+. The summed E-state index contributed by atoms with van der Waals surface area (Å²) in [4.78, 5) is 35.8. The van der Waals surface area contributed by atoms with E-state index < -0.39 is 5.97 Å². The number of esters is 1. The Morgan fingerprint density at radius 3 is 2.32 bits per heavy atom. The minimum atomic E-state index is -0.467. The summed E-state index contributed by atoms with van der Waals surface area (Å²) in [5, 5.41) is 6.08. The van der Waals surface area contributed by atoms with Crippen LogP contribution in [-0.4, -0.2) is 17.8 Å². The van der Waals surface area contributed by atoms with Gasteiger partial charge in [0, 0.05) is 35.0 Å². The second-order valence-electron chi connectivity index (χ2n) is 6.53. The Bertz CT molecular complexity index is 1160. The highest BCUT2D eigenvalue weighted by molar-refractivity contribution is 6.30. The normalized spacial score (nSPS) is 10.5. The van der Waals surface area contributed by atoms with Crippen molar-refractivity contribution < 1.29 is 19.1 Å². The SMILES string of the molecule is CC(=O)Oc1cccc(C(=O)Nc2cccc(NC(=O)/C=C/c3cccc(Cl)c3)c2)c1. The Morgan fingerprint density at radius 2 is 1.58 bits per heavy atom. The van der Waals surface area contributed by atoms with Gasteiger partial charge in [0.2, 0.25) is 5.91 Å². The van der Waals surface area contributed by atoms with Gasteiger partial charge in [-0.05, 0) is 60.2 Å². The van der Waals surface area contributed by atoms with Gasteiger partial charge in [0.1, 0.15) is 5.75 Å². The zero-order chi connectivity index (χ0) is 22.2. The van der Waals surface area contributed by atoms with Crippen molar-refractivity contribution in [2.24, 2.45) is 0 Å². The van der Waals surface area contributed by atoms with Gasteiger partial charge in [0.15, 0.2) is 0 Å². The van der Waals surface area contributed by atoms with Crippen LogP contribution >= 0.6 is 11.6 Å². The van der Waals surface area contributed by atoms with Crippen LogP contribution in [0.15, 0.2) is 78.9 Å². The molecule has 0 aromatic heterocycles. The lowest BCUT2D eigenvalue weighted by molar-refractivity contribution is -0.131. The highest BCUT2D eigenvalue weighted by Gasteiger charge is 2.09. The Hall–Kier alpha value is -3.90. The highest BCUT2D eigenvalue weighted by atomic mass is 35.5. The number of carbonyl (C=O) groups excluding carboxylic acids is 3. The summed E-state index contributed by atoms with van der Waals surface area (Å²) in [7, 11) is 0. The predicted molar refractivity (Wildman–Crippen MR) is 121 cm³/mol. The van der Waals surface area contributed by atoms with E-state index in [0.717, 1.165) is 5.56 Å². The maximum Gasteiger partial charge on any atom is 0.308 e. The Balaban J connectivity index is 1.64. The summed E-state index contributed by atoms with van der Waals surface area (Å²) < 4.78 is 5.00. The molecule has 0 spiro atoms.